The molecule has 7 nitrogen and oxygen atoms in total. The Kier molecular flexibility index (Phi) is 6.11. The van der Waals surface area contributed by atoms with Crippen molar-refractivity contribution in [1.82, 2.24) is 14.1 Å². The van der Waals surface area contributed by atoms with Gasteiger partial charge in [0, 0.05) is 12.6 Å². The highest BCUT2D eigenvalue weighted by atomic mass is 19.1. The molecule has 1 N–H and O–H groups in total. The number of hydrogen-bond acceptors (Lipinski definition) is 5. The van der Waals surface area contributed by atoms with Gasteiger partial charge in [-0.1, -0.05) is 24.3 Å². The molecule has 0 saturated heterocycles. The minimum Gasteiger partial charge on any atom is -0.497 e. The van der Waals surface area contributed by atoms with E-state index in [-0.39, 0.29) is 24.4 Å². The first-order valence-corrected chi connectivity index (χ1v) is 9.23. The van der Waals surface area contributed by atoms with Crippen LogP contribution < -0.4 is 21.4 Å². The van der Waals surface area contributed by atoms with Gasteiger partial charge in [-0.25, -0.2) is 18.5 Å². The van der Waals surface area contributed by atoms with Gasteiger partial charge in [-0.3, -0.25) is 4.57 Å². The Morgan fingerprint density at radius 3 is 2.24 bits per heavy atom. The zero-order valence-corrected chi connectivity index (χ0v) is 16.6. The van der Waals surface area contributed by atoms with Crippen molar-refractivity contribution in [2.45, 2.75) is 33.0 Å². The lowest BCUT2D eigenvalue weighted by molar-refractivity contribution is 0.414. The first kappa shape index (κ1) is 20.3. The van der Waals surface area contributed by atoms with Crippen molar-refractivity contribution >= 4 is 5.95 Å². The van der Waals surface area contributed by atoms with Crippen molar-refractivity contribution < 1.29 is 9.13 Å². The van der Waals surface area contributed by atoms with Gasteiger partial charge in [0.2, 0.25) is 5.95 Å². The number of hydrogen-bond donors (Lipinski definition) is 1. The van der Waals surface area contributed by atoms with Crippen LogP contribution >= 0.6 is 0 Å². The van der Waals surface area contributed by atoms with E-state index in [9.17, 15) is 14.0 Å². The molecule has 29 heavy (non-hydrogen) atoms. The highest BCUT2D eigenvalue weighted by Gasteiger charge is 2.15. The van der Waals surface area contributed by atoms with E-state index in [1.807, 2.05) is 24.3 Å². The summed E-state index contributed by atoms with van der Waals surface area (Å²) >= 11 is 0. The Labute approximate surface area is 167 Å². The molecule has 3 aromatic rings. The van der Waals surface area contributed by atoms with Crippen LogP contribution in [-0.2, 0) is 13.1 Å². The average molecular weight is 398 g/mol. The van der Waals surface area contributed by atoms with Crippen LogP contribution in [0.25, 0.3) is 0 Å². The zero-order valence-electron chi connectivity index (χ0n) is 16.6. The Balaban J connectivity index is 1.96. The predicted molar refractivity (Wildman–Crippen MR) is 109 cm³/mol. The van der Waals surface area contributed by atoms with Crippen LogP contribution in [0.4, 0.5) is 10.3 Å². The third-order valence-corrected chi connectivity index (χ3v) is 4.48. The summed E-state index contributed by atoms with van der Waals surface area (Å²) in [4.78, 5) is 29.4. The fraction of sp³-hybridized carbons (Fsp3) is 0.286. The van der Waals surface area contributed by atoms with Gasteiger partial charge in [0.1, 0.15) is 11.6 Å². The van der Waals surface area contributed by atoms with E-state index in [0.717, 1.165) is 21.4 Å². The van der Waals surface area contributed by atoms with Gasteiger partial charge in [0.15, 0.2) is 0 Å². The molecular formula is C21H23FN4O3. The molecule has 0 amide bonds. The Bertz CT molecular complexity index is 1090. The van der Waals surface area contributed by atoms with Gasteiger partial charge in [0.05, 0.1) is 13.7 Å². The van der Waals surface area contributed by atoms with E-state index in [4.69, 9.17) is 4.74 Å². The molecule has 0 spiro atoms. The molecule has 0 saturated carbocycles. The maximum atomic E-state index is 13.2. The van der Waals surface area contributed by atoms with E-state index < -0.39 is 11.4 Å². The number of anilines is 1. The van der Waals surface area contributed by atoms with Gasteiger partial charge in [-0.05, 0) is 49.2 Å². The van der Waals surface area contributed by atoms with Crippen molar-refractivity contribution in [3.05, 3.63) is 86.4 Å². The van der Waals surface area contributed by atoms with Crippen LogP contribution in [0.1, 0.15) is 31.0 Å². The normalized spacial score (nSPS) is 10.9. The number of aromatic nitrogens is 3. The van der Waals surface area contributed by atoms with Crippen molar-refractivity contribution in [1.29, 1.82) is 0 Å². The van der Waals surface area contributed by atoms with Gasteiger partial charge in [-0.15, -0.1) is 0 Å². The summed E-state index contributed by atoms with van der Waals surface area (Å²) < 4.78 is 20.9. The predicted octanol–water partition coefficient (Wildman–Crippen LogP) is 2.79. The Hall–Kier alpha value is -3.42. The third kappa shape index (κ3) is 4.71. The molecule has 0 bridgehead atoms. The molecule has 1 heterocycles. The van der Waals surface area contributed by atoms with Crippen LogP contribution in [0, 0.1) is 5.82 Å². The number of ether oxygens (including phenoxy) is 1. The summed E-state index contributed by atoms with van der Waals surface area (Å²) in [7, 11) is 1.59. The number of nitrogens with zero attached hydrogens (tertiary/aromatic N) is 3. The Morgan fingerprint density at radius 1 is 1.03 bits per heavy atom. The minimum absolute atomic E-state index is 0.157. The smallest absolute Gasteiger partial charge is 0.355 e. The molecule has 0 aliphatic heterocycles. The van der Waals surface area contributed by atoms with Crippen LogP contribution in [0.3, 0.4) is 0 Å². The summed E-state index contributed by atoms with van der Waals surface area (Å²) in [5.41, 5.74) is 0.567. The lowest BCUT2D eigenvalue weighted by atomic mass is 10.2. The maximum Gasteiger partial charge on any atom is 0.355 e. The molecule has 8 heteroatoms. The first-order valence-electron chi connectivity index (χ1n) is 9.23. The molecule has 0 unspecified atom stereocenters. The molecule has 0 atom stereocenters. The largest absolute Gasteiger partial charge is 0.497 e. The minimum atomic E-state index is -0.613. The molecule has 0 aliphatic carbocycles. The van der Waals surface area contributed by atoms with Crippen molar-refractivity contribution in [2.75, 3.05) is 12.4 Å². The molecule has 152 valence electrons. The second kappa shape index (κ2) is 8.72. The fourth-order valence-electron chi connectivity index (χ4n) is 2.92. The van der Waals surface area contributed by atoms with Gasteiger partial charge < -0.3 is 10.1 Å². The number of nitrogens with one attached hydrogen (secondary N) is 1. The molecule has 0 aliphatic rings. The number of methoxy groups -OCH3 is 1. The van der Waals surface area contributed by atoms with Gasteiger partial charge in [0.25, 0.3) is 0 Å². The summed E-state index contributed by atoms with van der Waals surface area (Å²) in [5.74, 6) is 0.542. The monoisotopic (exact) mass is 398 g/mol. The van der Waals surface area contributed by atoms with Crippen LogP contribution in [0.2, 0.25) is 0 Å². The quantitative estimate of drug-likeness (QED) is 0.662. The zero-order chi connectivity index (χ0) is 21.0. The number of rotatable bonds is 7. The second-order valence-corrected chi connectivity index (χ2v) is 6.88. The summed E-state index contributed by atoms with van der Waals surface area (Å²) in [5, 5.41) is 3.07. The summed E-state index contributed by atoms with van der Waals surface area (Å²) in [6.45, 7) is 4.02. The fourth-order valence-corrected chi connectivity index (χ4v) is 2.92. The first-order chi connectivity index (χ1) is 13.9. The van der Waals surface area contributed by atoms with Crippen molar-refractivity contribution in [3.63, 3.8) is 0 Å². The van der Waals surface area contributed by atoms with Crippen molar-refractivity contribution in [3.8, 4) is 5.75 Å². The van der Waals surface area contributed by atoms with Gasteiger partial charge >= 0.3 is 11.4 Å². The maximum absolute atomic E-state index is 13.2. The highest BCUT2D eigenvalue weighted by Crippen LogP contribution is 2.13. The summed E-state index contributed by atoms with van der Waals surface area (Å²) in [6, 6.07) is 12.9. The third-order valence-electron chi connectivity index (χ3n) is 4.48. The topological polar surface area (TPSA) is 78.2 Å². The van der Waals surface area contributed by atoms with Crippen LogP contribution in [-0.4, -0.2) is 21.2 Å². The molecular weight excluding hydrogens is 375 g/mol. The second-order valence-electron chi connectivity index (χ2n) is 6.88. The molecule has 1 aromatic heterocycles. The molecule has 3 rings (SSSR count). The van der Waals surface area contributed by atoms with Crippen LogP contribution in [0.15, 0.2) is 58.1 Å². The summed E-state index contributed by atoms with van der Waals surface area (Å²) in [6.07, 6.45) is 0. The van der Waals surface area contributed by atoms with Crippen molar-refractivity contribution in [2.24, 2.45) is 0 Å². The van der Waals surface area contributed by atoms with E-state index >= 15 is 0 Å². The van der Waals surface area contributed by atoms with E-state index in [1.54, 1.807) is 33.1 Å². The number of halogens is 1. The lowest BCUT2D eigenvalue weighted by Gasteiger charge is -2.17. The Morgan fingerprint density at radius 2 is 1.66 bits per heavy atom. The molecule has 0 radical (unpaired) electrons. The molecule has 0 fully saturated rings. The molecule has 2 aromatic carbocycles. The average Bonchev–Trinajstić information content (AvgIpc) is 2.70. The van der Waals surface area contributed by atoms with Crippen LogP contribution in [0.5, 0.6) is 5.75 Å². The van der Waals surface area contributed by atoms with E-state index in [2.05, 4.69) is 10.3 Å². The standard InChI is InChI=1S/C21H23FN4O3/c1-14(2)26-20(27)24-19(23-12-15-6-10-18(29-3)11-7-15)25(21(26)28)13-16-4-8-17(22)9-5-16/h4-11,14H,12-13H2,1-3H3,(H,23,24,27). The van der Waals surface area contributed by atoms with E-state index in [1.165, 1.54) is 16.7 Å². The van der Waals surface area contributed by atoms with Gasteiger partial charge in [-0.2, -0.15) is 4.98 Å². The highest BCUT2D eigenvalue weighted by molar-refractivity contribution is 5.32. The van der Waals surface area contributed by atoms with E-state index in [0.29, 0.717) is 6.54 Å². The lowest BCUT2D eigenvalue weighted by Crippen LogP contribution is -2.43. The SMILES string of the molecule is COc1ccc(CNc2nc(=O)n(C(C)C)c(=O)n2Cc2ccc(F)cc2)cc1. The number of benzene rings is 2.